The smallest absolute Gasteiger partial charge is 0.272 e. The highest BCUT2D eigenvalue weighted by molar-refractivity contribution is 9.10. The summed E-state index contributed by atoms with van der Waals surface area (Å²) in [6.07, 6.45) is 1.63. The number of aromatic nitrogens is 3. The van der Waals surface area contributed by atoms with Crippen molar-refractivity contribution in [2.45, 2.75) is 20.4 Å². The molecule has 0 radical (unpaired) electrons. The highest BCUT2D eigenvalue weighted by Gasteiger charge is 2.15. The van der Waals surface area contributed by atoms with Gasteiger partial charge in [0.05, 0.1) is 5.52 Å². The molecule has 0 saturated carbocycles. The molecule has 0 aliphatic heterocycles. The largest absolute Gasteiger partial charge is 0.357 e. The van der Waals surface area contributed by atoms with Crippen molar-refractivity contribution in [2.75, 3.05) is 25.0 Å². The second kappa shape index (κ2) is 10.1. The zero-order chi connectivity index (χ0) is 23.4. The van der Waals surface area contributed by atoms with Crippen LogP contribution in [0.1, 0.15) is 29.9 Å². The van der Waals surface area contributed by atoms with E-state index in [4.69, 9.17) is 0 Å². The second-order valence-electron chi connectivity index (χ2n) is 7.81. The Balaban J connectivity index is 1.62. The van der Waals surface area contributed by atoms with Crippen molar-refractivity contribution in [3.63, 3.8) is 0 Å². The van der Waals surface area contributed by atoms with Crippen molar-refractivity contribution >= 4 is 38.6 Å². The lowest BCUT2D eigenvalue weighted by molar-refractivity contribution is 0.0779. The Morgan fingerprint density at radius 2 is 1.70 bits per heavy atom. The van der Waals surface area contributed by atoms with Gasteiger partial charge in [-0.1, -0.05) is 30.3 Å². The monoisotopic (exact) mass is 503 g/mol. The van der Waals surface area contributed by atoms with E-state index in [9.17, 15) is 4.79 Å². The van der Waals surface area contributed by atoms with Crippen LogP contribution in [0.25, 0.3) is 22.0 Å². The fourth-order valence-corrected chi connectivity index (χ4v) is 4.26. The minimum absolute atomic E-state index is 0.117. The molecule has 4 rings (SSSR count). The van der Waals surface area contributed by atoms with Crippen LogP contribution < -0.4 is 4.90 Å². The molecule has 0 N–H and O–H groups in total. The van der Waals surface area contributed by atoms with E-state index in [1.807, 2.05) is 24.3 Å². The predicted molar refractivity (Wildman–Crippen MR) is 136 cm³/mol. The molecule has 2 aromatic carbocycles. The molecule has 0 bridgehead atoms. The standard InChI is InChI=1S/C26H26BrN5O/c1-4-32(5-2)25-21-15-20(12-13-22(21)28-17-29-25)19-9-6-8-18(14-19)16-31(3)26(33)23-10-7-11-24(27)30-23/h6-15,17H,4-5,16H2,1-3H3. The van der Waals surface area contributed by atoms with Crippen molar-refractivity contribution in [3.05, 3.63) is 82.9 Å². The van der Waals surface area contributed by atoms with Gasteiger partial charge in [0.2, 0.25) is 0 Å². The van der Waals surface area contributed by atoms with Crippen molar-refractivity contribution in [2.24, 2.45) is 0 Å². The molecular weight excluding hydrogens is 478 g/mol. The highest BCUT2D eigenvalue weighted by atomic mass is 79.9. The number of fused-ring (bicyclic) bond motifs is 1. The summed E-state index contributed by atoms with van der Waals surface area (Å²) in [6.45, 7) is 6.52. The zero-order valence-corrected chi connectivity index (χ0v) is 20.6. The Bertz CT molecular complexity index is 1290. The van der Waals surface area contributed by atoms with E-state index in [1.165, 1.54) is 0 Å². The Kier molecular flexibility index (Phi) is 6.99. The predicted octanol–water partition coefficient (Wildman–Crippen LogP) is 5.57. The third-order valence-corrected chi connectivity index (χ3v) is 6.08. The van der Waals surface area contributed by atoms with Crippen molar-refractivity contribution in [3.8, 4) is 11.1 Å². The molecule has 0 aliphatic carbocycles. The molecule has 7 heteroatoms. The molecule has 1 amide bonds. The van der Waals surface area contributed by atoms with Crippen LogP contribution in [-0.2, 0) is 6.54 Å². The summed E-state index contributed by atoms with van der Waals surface area (Å²) < 4.78 is 0.646. The SMILES string of the molecule is CCN(CC)c1ncnc2ccc(-c3cccc(CN(C)C(=O)c4cccc(Br)n4)c3)cc12. The van der Waals surface area contributed by atoms with E-state index in [0.717, 1.165) is 46.5 Å². The van der Waals surface area contributed by atoms with Crippen LogP contribution in [0.4, 0.5) is 5.82 Å². The van der Waals surface area contributed by atoms with Gasteiger partial charge >= 0.3 is 0 Å². The van der Waals surface area contributed by atoms with E-state index in [0.29, 0.717) is 16.8 Å². The number of pyridine rings is 1. The molecule has 33 heavy (non-hydrogen) atoms. The number of hydrogen-bond acceptors (Lipinski definition) is 5. The highest BCUT2D eigenvalue weighted by Crippen LogP contribution is 2.29. The zero-order valence-electron chi connectivity index (χ0n) is 19.0. The fraction of sp³-hybridized carbons (Fsp3) is 0.231. The van der Waals surface area contributed by atoms with Gasteiger partial charge < -0.3 is 9.80 Å². The van der Waals surface area contributed by atoms with E-state index in [1.54, 1.807) is 30.4 Å². The van der Waals surface area contributed by atoms with E-state index < -0.39 is 0 Å². The van der Waals surface area contributed by atoms with Gasteiger partial charge in [0.1, 0.15) is 22.4 Å². The summed E-state index contributed by atoms with van der Waals surface area (Å²) in [5.41, 5.74) is 4.58. The summed E-state index contributed by atoms with van der Waals surface area (Å²) in [5.74, 6) is 0.836. The molecule has 0 unspecified atom stereocenters. The van der Waals surface area contributed by atoms with Crippen LogP contribution >= 0.6 is 15.9 Å². The topological polar surface area (TPSA) is 62.2 Å². The molecule has 0 atom stereocenters. The molecule has 4 aromatic rings. The fourth-order valence-electron chi connectivity index (χ4n) is 3.92. The summed E-state index contributed by atoms with van der Waals surface area (Å²) in [7, 11) is 1.79. The van der Waals surface area contributed by atoms with Crippen molar-refractivity contribution < 1.29 is 4.79 Å². The van der Waals surface area contributed by atoms with Gasteiger partial charge in [-0.15, -0.1) is 0 Å². The summed E-state index contributed by atoms with van der Waals surface area (Å²) in [4.78, 5) is 30.0. The van der Waals surface area contributed by atoms with Crippen LogP contribution in [-0.4, -0.2) is 45.9 Å². The molecule has 2 heterocycles. The average Bonchev–Trinajstić information content (AvgIpc) is 2.84. The average molecular weight is 504 g/mol. The Morgan fingerprint density at radius 1 is 0.939 bits per heavy atom. The van der Waals surface area contributed by atoms with Crippen LogP contribution in [0.5, 0.6) is 0 Å². The van der Waals surface area contributed by atoms with Gasteiger partial charge in [-0.2, -0.15) is 0 Å². The normalized spacial score (nSPS) is 10.9. The third kappa shape index (κ3) is 5.03. The maximum Gasteiger partial charge on any atom is 0.272 e. The number of halogens is 1. The van der Waals surface area contributed by atoms with Crippen molar-refractivity contribution in [1.82, 2.24) is 19.9 Å². The summed E-state index contributed by atoms with van der Waals surface area (Å²) >= 11 is 3.33. The second-order valence-corrected chi connectivity index (χ2v) is 8.62. The number of amides is 1. The quantitative estimate of drug-likeness (QED) is 0.308. The van der Waals surface area contributed by atoms with Crippen LogP contribution in [0.15, 0.2) is 71.6 Å². The molecule has 6 nitrogen and oxygen atoms in total. The first-order valence-electron chi connectivity index (χ1n) is 11.0. The maximum absolute atomic E-state index is 12.8. The molecule has 168 valence electrons. The summed E-state index contributed by atoms with van der Waals surface area (Å²) in [5, 5.41) is 1.04. The number of hydrogen-bond donors (Lipinski definition) is 0. The molecule has 0 aliphatic rings. The number of rotatable bonds is 7. The van der Waals surface area contributed by atoms with Gasteiger partial charge in [0, 0.05) is 32.1 Å². The lowest BCUT2D eigenvalue weighted by Gasteiger charge is -2.21. The van der Waals surface area contributed by atoms with Crippen molar-refractivity contribution in [1.29, 1.82) is 0 Å². The number of benzene rings is 2. The number of anilines is 1. The Hall–Kier alpha value is -3.32. The first-order chi connectivity index (χ1) is 16.0. The van der Waals surface area contributed by atoms with Crippen LogP contribution in [0, 0.1) is 0 Å². The molecule has 0 saturated heterocycles. The Labute approximate surface area is 202 Å². The first-order valence-corrected chi connectivity index (χ1v) is 11.8. The van der Waals surface area contributed by atoms with E-state index in [-0.39, 0.29) is 5.91 Å². The number of nitrogens with zero attached hydrogens (tertiary/aromatic N) is 5. The van der Waals surface area contributed by atoms with Gasteiger partial charge in [0.15, 0.2) is 0 Å². The van der Waals surface area contributed by atoms with Crippen LogP contribution in [0.3, 0.4) is 0 Å². The van der Waals surface area contributed by atoms with Gasteiger partial charge in [0.25, 0.3) is 5.91 Å². The number of carbonyl (C=O) groups excluding carboxylic acids is 1. The molecule has 0 fully saturated rings. The maximum atomic E-state index is 12.8. The summed E-state index contributed by atoms with van der Waals surface area (Å²) in [6, 6.07) is 19.9. The first kappa shape index (κ1) is 22.9. The molecule has 0 spiro atoms. The Morgan fingerprint density at radius 3 is 2.45 bits per heavy atom. The third-order valence-electron chi connectivity index (χ3n) is 5.64. The lowest BCUT2D eigenvalue weighted by atomic mass is 10.0. The van der Waals surface area contributed by atoms with E-state index in [2.05, 4.69) is 73.9 Å². The van der Waals surface area contributed by atoms with Gasteiger partial charge in [-0.3, -0.25) is 4.79 Å². The number of carbonyl (C=O) groups is 1. The lowest BCUT2D eigenvalue weighted by Crippen LogP contribution is -2.27. The van der Waals surface area contributed by atoms with Crippen LogP contribution in [0.2, 0.25) is 0 Å². The minimum Gasteiger partial charge on any atom is -0.357 e. The van der Waals surface area contributed by atoms with E-state index >= 15 is 0 Å². The van der Waals surface area contributed by atoms with Gasteiger partial charge in [-0.05, 0) is 76.8 Å². The minimum atomic E-state index is -0.117. The molecular formula is C26H26BrN5O. The molecule has 2 aromatic heterocycles. The van der Waals surface area contributed by atoms with Gasteiger partial charge in [-0.25, -0.2) is 15.0 Å².